The topological polar surface area (TPSA) is 105 Å². The molecule has 0 bridgehead atoms. The lowest BCUT2D eigenvalue weighted by molar-refractivity contribution is -0.145. The van der Waals surface area contributed by atoms with E-state index in [0.29, 0.717) is 13.0 Å². The molecule has 2 aromatic rings. The number of anilines is 1. The minimum Gasteiger partial charge on any atom is -0.368 e. The van der Waals surface area contributed by atoms with E-state index >= 15 is 0 Å². The molecule has 0 saturated carbocycles. The number of likely N-dealkylation sites (tertiary alicyclic amines) is 1. The molecule has 1 atom stereocenters. The van der Waals surface area contributed by atoms with Crippen molar-refractivity contribution in [2.45, 2.75) is 45.6 Å². The number of aryl methyl sites for hydroxylation is 2. The molecule has 2 N–H and O–H groups in total. The van der Waals surface area contributed by atoms with E-state index in [1.807, 2.05) is 6.20 Å². The third kappa shape index (κ3) is 3.23. The van der Waals surface area contributed by atoms with Gasteiger partial charge in [-0.3, -0.25) is 9.59 Å². The molecule has 0 radical (unpaired) electrons. The maximum atomic E-state index is 12.5. The van der Waals surface area contributed by atoms with Crippen molar-refractivity contribution in [2.24, 2.45) is 5.73 Å². The Bertz CT molecular complexity index is 923. The Kier molecular flexibility index (Phi) is 5.01. The minimum atomic E-state index is -0.466. The lowest BCUT2D eigenvalue weighted by Crippen LogP contribution is -2.57. The molecule has 3 heterocycles. The van der Waals surface area contributed by atoms with Crippen LogP contribution in [-0.2, 0) is 28.9 Å². The molecular formula is C19H24N6O2S. The van der Waals surface area contributed by atoms with Gasteiger partial charge in [-0.1, -0.05) is 0 Å². The maximum absolute atomic E-state index is 12.5. The fraction of sp³-hybridized carbons (Fsp3) is 0.526. The molecule has 2 amide bonds. The van der Waals surface area contributed by atoms with Gasteiger partial charge in [-0.15, -0.1) is 11.3 Å². The number of rotatable bonds is 6. The Morgan fingerprint density at radius 2 is 2.07 bits per heavy atom. The molecule has 0 spiro atoms. The predicted molar refractivity (Wildman–Crippen MR) is 107 cm³/mol. The molecule has 1 aliphatic carbocycles. The zero-order valence-corrected chi connectivity index (χ0v) is 17.0. The number of carbonyl (C=O) groups excluding carboxylic acids is 2. The number of primary amides is 1. The van der Waals surface area contributed by atoms with E-state index in [0.717, 1.165) is 58.7 Å². The first-order valence-corrected chi connectivity index (χ1v) is 10.5. The van der Waals surface area contributed by atoms with Gasteiger partial charge in [-0.2, -0.15) is 0 Å². The SMILES string of the molecule is CCN(CC)c1ncc2c(n1)-c1sc(CC(=O)N3CC[C@H]3C(N)=O)nc1CC2. The number of nitrogens with zero attached hydrogens (tertiary/aromatic N) is 5. The van der Waals surface area contributed by atoms with E-state index in [4.69, 9.17) is 15.7 Å². The number of fused-ring (bicyclic) bond motifs is 3. The fourth-order valence-electron chi connectivity index (χ4n) is 3.73. The lowest BCUT2D eigenvalue weighted by atomic mass is 10.00. The van der Waals surface area contributed by atoms with Gasteiger partial charge in [0.05, 0.1) is 22.7 Å². The molecule has 28 heavy (non-hydrogen) atoms. The van der Waals surface area contributed by atoms with Crippen molar-refractivity contribution in [3.05, 3.63) is 22.5 Å². The molecule has 1 saturated heterocycles. The highest BCUT2D eigenvalue weighted by Crippen LogP contribution is 2.37. The van der Waals surface area contributed by atoms with Crippen LogP contribution in [0.15, 0.2) is 6.20 Å². The first-order chi connectivity index (χ1) is 13.5. The number of carbonyl (C=O) groups is 2. The van der Waals surface area contributed by atoms with Crippen LogP contribution in [0.3, 0.4) is 0 Å². The van der Waals surface area contributed by atoms with E-state index in [1.165, 1.54) is 11.3 Å². The molecule has 8 nitrogen and oxygen atoms in total. The molecule has 148 valence electrons. The van der Waals surface area contributed by atoms with Gasteiger partial charge in [-0.05, 0) is 38.7 Å². The maximum Gasteiger partial charge on any atom is 0.240 e. The minimum absolute atomic E-state index is 0.0899. The summed E-state index contributed by atoms with van der Waals surface area (Å²) in [6.07, 6.45) is 4.45. The fourth-order valence-corrected chi connectivity index (χ4v) is 4.86. The van der Waals surface area contributed by atoms with Crippen molar-refractivity contribution < 1.29 is 9.59 Å². The Morgan fingerprint density at radius 3 is 2.71 bits per heavy atom. The summed E-state index contributed by atoms with van der Waals surface area (Å²) in [5.74, 6) is 0.202. The van der Waals surface area contributed by atoms with Crippen LogP contribution in [0.25, 0.3) is 10.6 Å². The van der Waals surface area contributed by atoms with E-state index in [1.54, 1.807) is 4.90 Å². The van der Waals surface area contributed by atoms with E-state index in [9.17, 15) is 9.59 Å². The van der Waals surface area contributed by atoms with Gasteiger partial charge < -0.3 is 15.5 Å². The van der Waals surface area contributed by atoms with Crippen molar-refractivity contribution >= 4 is 29.1 Å². The van der Waals surface area contributed by atoms with Crippen molar-refractivity contribution in [1.29, 1.82) is 0 Å². The Labute approximate surface area is 167 Å². The van der Waals surface area contributed by atoms with Crippen LogP contribution in [-0.4, -0.2) is 57.3 Å². The summed E-state index contributed by atoms with van der Waals surface area (Å²) >= 11 is 1.52. The van der Waals surface area contributed by atoms with Crippen LogP contribution >= 0.6 is 11.3 Å². The second-order valence-electron chi connectivity index (χ2n) is 7.07. The standard InChI is InChI=1S/C19H24N6O2S/c1-3-24(4-2)19-21-10-11-5-6-12-17(16(11)23-19)28-14(22-12)9-15(26)25-8-7-13(25)18(20)27/h10,13H,3-9H2,1-2H3,(H2,20,27)/t13-/m0/s1. The van der Waals surface area contributed by atoms with Crippen LogP contribution in [0.1, 0.15) is 36.5 Å². The van der Waals surface area contributed by atoms with Crippen molar-refractivity contribution in [3.8, 4) is 10.6 Å². The van der Waals surface area contributed by atoms with Gasteiger partial charge >= 0.3 is 0 Å². The third-order valence-electron chi connectivity index (χ3n) is 5.46. The number of hydrogen-bond acceptors (Lipinski definition) is 7. The summed E-state index contributed by atoms with van der Waals surface area (Å²) in [4.78, 5) is 42.7. The van der Waals surface area contributed by atoms with Crippen LogP contribution in [0, 0.1) is 0 Å². The molecule has 0 unspecified atom stereocenters. The van der Waals surface area contributed by atoms with Gasteiger partial charge in [0.15, 0.2) is 0 Å². The van der Waals surface area contributed by atoms with Crippen molar-refractivity contribution in [2.75, 3.05) is 24.5 Å². The highest BCUT2D eigenvalue weighted by Gasteiger charge is 2.36. The van der Waals surface area contributed by atoms with Gasteiger partial charge in [0.2, 0.25) is 17.8 Å². The zero-order valence-electron chi connectivity index (χ0n) is 16.1. The van der Waals surface area contributed by atoms with Crippen LogP contribution in [0.2, 0.25) is 0 Å². The Morgan fingerprint density at radius 1 is 1.29 bits per heavy atom. The first kappa shape index (κ1) is 18.8. The van der Waals surface area contributed by atoms with E-state index in [-0.39, 0.29) is 12.3 Å². The molecule has 2 aliphatic rings. The third-order valence-corrected chi connectivity index (χ3v) is 6.56. The van der Waals surface area contributed by atoms with Crippen LogP contribution in [0.4, 0.5) is 5.95 Å². The van der Waals surface area contributed by atoms with Crippen LogP contribution in [0.5, 0.6) is 0 Å². The van der Waals surface area contributed by atoms with E-state index in [2.05, 4.69) is 23.7 Å². The summed E-state index contributed by atoms with van der Waals surface area (Å²) in [6.45, 7) is 6.45. The number of amides is 2. The van der Waals surface area contributed by atoms with Crippen molar-refractivity contribution in [3.63, 3.8) is 0 Å². The summed E-state index contributed by atoms with van der Waals surface area (Å²) in [5.41, 5.74) is 8.41. The zero-order chi connectivity index (χ0) is 19.8. The Hall–Kier alpha value is -2.55. The van der Waals surface area contributed by atoms with Gasteiger partial charge in [0.1, 0.15) is 11.0 Å². The normalized spacial score (nSPS) is 17.5. The van der Waals surface area contributed by atoms with Crippen molar-refractivity contribution in [1.82, 2.24) is 19.9 Å². The molecular weight excluding hydrogens is 376 g/mol. The van der Waals surface area contributed by atoms with Gasteiger partial charge in [-0.25, -0.2) is 15.0 Å². The Balaban J connectivity index is 1.58. The molecule has 1 aliphatic heterocycles. The average molecular weight is 401 g/mol. The smallest absolute Gasteiger partial charge is 0.240 e. The van der Waals surface area contributed by atoms with Gasteiger partial charge in [0, 0.05) is 25.8 Å². The quantitative estimate of drug-likeness (QED) is 0.780. The van der Waals surface area contributed by atoms with Crippen LogP contribution < -0.4 is 10.6 Å². The highest BCUT2D eigenvalue weighted by atomic mass is 32.1. The molecule has 1 fully saturated rings. The first-order valence-electron chi connectivity index (χ1n) is 9.70. The van der Waals surface area contributed by atoms with Gasteiger partial charge in [0.25, 0.3) is 0 Å². The lowest BCUT2D eigenvalue weighted by Gasteiger charge is -2.38. The predicted octanol–water partition coefficient (Wildman–Crippen LogP) is 1.17. The summed E-state index contributed by atoms with van der Waals surface area (Å²) in [5, 5.41) is 0.765. The molecule has 4 rings (SSSR count). The molecule has 2 aromatic heterocycles. The highest BCUT2D eigenvalue weighted by molar-refractivity contribution is 7.15. The largest absolute Gasteiger partial charge is 0.368 e. The molecule has 0 aromatic carbocycles. The second-order valence-corrected chi connectivity index (χ2v) is 8.15. The number of aromatic nitrogens is 3. The van der Waals surface area contributed by atoms with E-state index < -0.39 is 11.9 Å². The summed E-state index contributed by atoms with van der Waals surface area (Å²) in [7, 11) is 0. The summed E-state index contributed by atoms with van der Waals surface area (Å²) in [6, 6.07) is -0.466. The second kappa shape index (κ2) is 7.46. The number of thiazole rings is 1. The average Bonchev–Trinajstić information content (AvgIpc) is 3.04. The number of hydrogen-bond donors (Lipinski definition) is 1. The number of nitrogens with two attached hydrogens (primary N) is 1. The molecule has 9 heteroatoms. The monoisotopic (exact) mass is 400 g/mol. The summed E-state index contributed by atoms with van der Waals surface area (Å²) < 4.78 is 0.